The van der Waals surface area contributed by atoms with Gasteiger partial charge in [0.1, 0.15) is 5.82 Å². The third kappa shape index (κ3) is 2.44. The zero-order chi connectivity index (χ0) is 15.0. The first-order chi connectivity index (χ1) is 10.1. The van der Waals surface area contributed by atoms with Crippen molar-refractivity contribution < 1.29 is 14.4 Å². The maximum atomic E-state index is 13.2. The summed E-state index contributed by atoms with van der Waals surface area (Å²) in [5, 5.41) is 22.6. The summed E-state index contributed by atoms with van der Waals surface area (Å²) in [4.78, 5) is 16.0. The zero-order valence-corrected chi connectivity index (χ0v) is 10.7. The molecule has 0 spiro atoms. The number of nitrogens with zero attached hydrogens (tertiary/aromatic N) is 4. The first-order valence-electron chi connectivity index (χ1n) is 6.10. The smallest absolute Gasteiger partial charge is 0.423 e. The number of rotatable bonds is 3. The van der Waals surface area contributed by atoms with Crippen molar-refractivity contribution in [3.63, 3.8) is 0 Å². The topological polar surface area (TPSA) is 92.7 Å². The average Bonchev–Trinajstić information content (AvgIpc) is 2.78. The van der Waals surface area contributed by atoms with Crippen LogP contribution in [0.1, 0.15) is 5.56 Å². The molecule has 0 amide bonds. The van der Waals surface area contributed by atoms with Crippen molar-refractivity contribution in [1.82, 2.24) is 19.2 Å². The van der Waals surface area contributed by atoms with E-state index in [1.54, 1.807) is 0 Å². The molecule has 1 aromatic carbocycles. The van der Waals surface area contributed by atoms with Crippen LogP contribution in [0.15, 0.2) is 41.6 Å². The van der Waals surface area contributed by atoms with Gasteiger partial charge < -0.3 is 10.0 Å². The molecule has 9 heteroatoms. The second-order valence-corrected chi connectivity index (χ2v) is 4.46. The van der Waals surface area contributed by atoms with Gasteiger partial charge in [0, 0.05) is 12.4 Å². The number of fused-ring (bicyclic) bond motifs is 1. The molecule has 0 saturated carbocycles. The van der Waals surface area contributed by atoms with E-state index < -0.39 is 18.6 Å². The summed E-state index contributed by atoms with van der Waals surface area (Å²) in [5.74, 6) is -0.589. The van der Waals surface area contributed by atoms with Crippen molar-refractivity contribution in [3.05, 3.63) is 58.7 Å². The van der Waals surface area contributed by atoms with Gasteiger partial charge in [0.25, 0.3) is 0 Å². The lowest BCUT2D eigenvalue weighted by Crippen LogP contribution is -2.35. The number of hydrogen-bond donors (Lipinski definition) is 2. The summed E-state index contributed by atoms with van der Waals surface area (Å²) in [6.07, 6.45) is 4.37. The van der Waals surface area contributed by atoms with E-state index >= 15 is 0 Å². The minimum Gasteiger partial charge on any atom is -0.423 e. The van der Waals surface area contributed by atoms with E-state index in [1.165, 1.54) is 35.1 Å². The van der Waals surface area contributed by atoms with E-state index in [0.717, 1.165) is 10.7 Å². The zero-order valence-electron chi connectivity index (χ0n) is 10.7. The summed E-state index contributed by atoms with van der Waals surface area (Å²) in [6, 6.07) is 3.59. The second kappa shape index (κ2) is 5.11. The fourth-order valence-electron chi connectivity index (χ4n) is 2.09. The van der Waals surface area contributed by atoms with Gasteiger partial charge in [0.05, 0.1) is 12.7 Å². The van der Waals surface area contributed by atoms with Crippen LogP contribution < -0.4 is 11.2 Å². The third-order valence-corrected chi connectivity index (χ3v) is 3.09. The molecule has 2 heterocycles. The second-order valence-electron chi connectivity index (χ2n) is 4.46. The molecular weight excluding hydrogens is 278 g/mol. The van der Waals surface area contributed by atoms with Crippen LogP contribution in [0.4, 0.5) is 4.39 Å². The highest BCUT2D eigenvalue weighted by atomic mass is 19.1. The maximum absolute atomic E-state index is 13.2. The minimum atomic E-state index is -1.83. The highest BCUT2D eigenvalue weighted by molar-refractivity contribution is 6.59. The molecule has 2 aromatic heterocycles. The molecule has 7 nitrogen and oxygen atoms in total. The van der Waals surface area contributed by atoms with Gasteiger partial charge in [0.2, 0.25) is 0 Å². The quantitative estimate of drug-likeness (QED) is 0.588. The van der Waals surface area contributed by atoms with Crippen molar-refractivity contribution in [1.29, 1.82) is 0 Å². The fraction of sp³-hybridized carbons (Fsp3) is 0.0833. The normalized spacial score (nSPS) is 11.0. The van der Waals surface area contributed by atoms with E-state index in [1.807, 2.05) is 0 Å². The molecular formula is C12H10BFN4O3. The van der Waals surface area contributed by atoms with Crippen molar-refractivity contribution in [2.45, 2.75) is 6.54 Å². The molecule has 0 fully saturated rings. The molecule has 2 N–H and O–H groups in total. The molecule has 0 atom stereocenters. The molecule has 0 saturated heterocycles. The van der Waals surface area contributed by atoms with Crippen LogP contribution in [0, 0.1) is 5.82 Å². The van der Waals surface area contributed by atoms with E-state index in [2.05, 4.69) is 10.1 Å². The van der Waals surface area contributed by atoms with Crippen LogP contribution in [0.3, 0.4) is 0 Å². The van der Waals surface area contributed by atoms with Crippen molar-refractivity contribution in [2.24, 2.45) is 0 Å². The van der Waals surface area contributed by atoms with Crippen LogP contribution in [0.5, 0.6) is 0 Å². The fourth-order valence-corrected chi connectivity index (χ4v) is 2.09. The Morgan fingerprint density at radius 2 is 2.14 bits per heavy atom. The van der Waals surface area contributed by atoms with Gasteiger partial charge in [-0.3, -0.25) is 4.98 Å². The summed E-state index contributed by atoms with van der Waals surface area (Å²) >= 11 is 0. The predicted molar refractivity (Wildman–Crippen MR) is 72.6 cm³/mol. The van der Waals surface area contributed by atoms with Crippen LogP contribution >= 0.6 is 0 Å². The van der Waals surface area contributed by atoms with Crippen LogP contribution in [0.2, 0.25) is 0 Å². The molecule has 0 radical (unpaired) electrons. The Morgan fingerprint density at radius 3 is 2.86 bits per heavy atom. The van der Waals surface area contributed by atoms with Gasteiger partial charge in [-0.05, 0) is 23.2 Å². The first kappa shape index (κ1) is 13.5. The molecule has 3 rings (SSSR count). The standard InChI is InChI=1S/C12H10BFN4O3/c14-9-2-1-8(10(5-9)13(20)21)7-18-12(19)17-4-3-15-6-11(17)16-18/h1-6,20-21H,7H2. The Kier molecular flexibility index (Phi) is 3.28. The molecule has 3 aromatic rings. The molecule has 0 aliphatic rings. The maximum Gasteiger partial charge on any atom is 0.488 e. The highest BCUT2D eigenvalue weighted by Gasteiger charge is 2.18. The molecule has 106 valence electrons. The Labute approximate surface area is 118 Å². The number of hydrogen-bond acceptors (Lipinski definition) is 5. The van der Waals surface area contributed by atoms with Gasteiger partial charge in [-0.2, -0.15) is 0 Å². The Morgan fingerprint density at radius 1 is 1.33 bits per heavy atom. The first-order valence-corrected chi connectivity index (χ1v) is 6.10. The van der Waals surface area contributed by atoms with Crippen molar-refractivity contribution in [3.8, 4) is 0 Å². The molecule has 0 bridgehead atoms. The highest BCUT2D eigenvalue weighted by Crippen LogP contribution is 2.03. The largest absolute Gasteiger partial charge is 0.488 e. The predicted octanol–water partition coefficient (Wildman–Crippen LogP) is -1.24. The Hall–Kier alpha value is -2.52. The van der Waals surface area contributed by atoms with Gasteiger partial charge in [0.15, 0.2) is 5.65 Å². The lowest BCUT2D eigenvalue weighted by Gasteiger charge is -2.08. The SMILES string of the molecule is O=c1n(Cc2ccc(F)cc2B(O)O)nc2cnccn12. The van der Waals surface area contributed by atoms with Crippen LogP contribution in [0.25, 0.3) is 5.65 Å². The van der Waals surface area contributed by atoms with E-state index in [9.17, 15) is 19.2 Å². The number of benzene rings is 1. The summed E-state index contributed by atoms with van der Waals surface area (Å²) in [5.41, 5.74) is 0.368. The van der Waals surface area contributed by atoms with E-state index in [0.29, 0.717) is 11.2 Å². The van der Waals surface area contributed by atoms with Gasteiger partial charge in [-0.15, -0.1) is 5.10 Å². The summed E-state index contributed by atoms with van der Waals surface area (Å²) in [6.45, 7) is -0.00620. The van der Waals surface area contributed by atoms with Gasteiger partial charge >= 0.3 is 12.8 Å². The molecule has 0 aliphatic carbocycles. The molecule has 0 unspecified atom stereocenters. The van der Waals surface area contributed by atoms with Gasteiger partial charge in [-0.1, -0.05) is 6.07 Å². The number of aromatic nitrogens is 4. The van der Waals surface area contributed by atoms with Crippen molar-refractivity contribution >= 4 is 18.2 Å². The van der Waals surface area contributed by atoms with E-state index in [-0.39, 0.29) is 12.0 Å². The lowest BCUT2D eigenvalue weighted by molar-refractivity contribution is 0.424. The third-order valence-electron chi connectivity index (χ3n) is 3.09. The van der Waals surface area contributed by atoms with Crippen LogP contribution in [-0.2, 0) is 6.54 Å². The van der Waals surface area contributed by atoms with E-state index in [4.69, 9.17) is 0 Å². The summed E-state index contributed by atoms with van der Waals surface area (Å²) in [7, 11) is -1.83. The van der Waals surface area contributed by atoms with Crippen LogP contribution in [-0.4, -0.2) is 36.3 Å². The Bertz CT molecular complexity index is 861. The summed E-state index contributed by atoms with van der Waals surface area (Å²) < 4.78 is 15.6. The lowest BCUT2D eigenvalue weighted by atomic mass is 9.77. The van der Waals surface area contributed by atoms with Gasteiger partial charge in [-0.25, -0.2) is 18.3 Å². The number of halogens is 1. The molecule has 0 aliphatic heterocycles. The van der Waals surface area contributed by atoms with Crippen molar-refractivity contribution in [2.75, 3.05) is 0 Å². The Balaban J connectivity index is 2.07. The minimum absolute atomic E-state index is 0.00270. The molecule has 21 heavy (non-hydrogen) atoms. The monoisotopic (exact) mass is 288 g/mol. The average molecular weight is 288 g/mol.